The first-order chi connectivity index (χ1) is 10.3. The molecule has 3 nitrogen and oxygen atoms in total. The van der Waals surface area contributed by atoms with Crippen molar-refractivity contribution in [3.63, 3.8) is 0 Å². The summed E-state index contributed by atoms with van der Waals surface area (Å²) in [6.07, 6.45) is 2.68. The number of hydrogen-bond acceptors (Lipinski definition) is 4. The molecule has 108 valence electrons. The molecule has 1 aliphatic rings. The number of nitrogens with zero attached hydrogens (tertiary/aromatic N) is 2. The summed E-state index contributed by atoms with van der Waals surface area (Å²) in [6.45, 7) is 4.36. The molecule has 1 atom stereocenters. The van der Waals surface area contributed by atoms with Gasteiger partial charge >= 0.3 is 0 Å². The highest BCUT2D eigenvalue weighted by molar-refractivity contribution is 7.80. The number of hydrogen-bond donors (Lipinski definition) is 1. The van der Waals surface area contributed by atoms with E-state index >= 15 is 0 Å². The Balaban J connectivity index is 1.87. The van der Waals surface area contributed by atoms with Gasteiger partial charge in [0.1, 0.15) is 0 Å². The van der Waals surface area contributed by atoms with Gasteiger partial charge in [0.25, 0.3) is 0 Å². The Bertz CT molecular complexity index is 644. The second-order valence-electron chi connectivity index (χ2n) is 4.58. The Morgan fingerprint density at radius 1 is 1.43 bits per heavy atom. The maximum Gasteiger partial charge on any atom is 0.190 e. The van der Waals surface area contributed by atoms with Gasteiger partial charge in [-0.2, -0.15) is 5.10 Å². The summed E-state index contributed by atoms with van der Waals surface area (Å²) in [4.78, 5) is 2.50. The molecule has 0 spiro atoms. The second kappa shape index (κ2) is 6.51. The molecule has 0 fully saturated rings. The minimum atomic E-state index is 0.187. The molecule has 0 aliphatic carbocycles. The van der Waals surface area contributed by atoms with Crippen LogP contribution in [0.1, 0.15) is 22.2 Å². The zero-order valence-corrected chi connectivity index (χ0v) is 13.8. The Kier molecular flexibility index (Phi) is 4.48. The monoisotopic (exact) mass is 333 g/mol. The van der Waals surface area contributed by atoms with E-state index in [9.17, 15) is 0 Å². The lowest BCUT2D eigenvalue weighted by molar-refractivity contribution is 0.370. The average molecular weight is 334 g/mol. The standard InChI is InChI=1S/C15H15N3S3/c1-2-7-16-15(19)18-12(14-6-4-9-21-14)10-11(17-18)13-5-3-8-20-13/h2-6,8-9,12H,1,7,10H2,(H,16,19). The van der Waals surface area contributed by atoms with Gasteiger partial charge < -0.3 is 5.32 Å². The predicted octanol–water partition coefficient (Wildman–Crippen LogP) is 4.02. The lowest BCUT2D eigenvalue weighted by atomic mass is 10.1. The van der Waals surface area contributed by atoms with E-state index in [1.165, 1.54) is 9.75 Å². The van der Waals surface area contributed by atoms with Gasteiger partial charge in [-0.1, -0.05) is 18.2 Å². The van der Waals surface area contributed by atoms with Crippen LogP contribution >= 0.6 is 34.9 Å². The molecule has 3 rings (SSSR count). The highest BCUT2D eigenvalue weighted by Gasteiger charge is 2.32. The van der Waals surface area contributed by atoms with Crippen LogP contribution in [0.5, 0.6) is 0 Å². The summed E-state index contributed by atoms with van der Waals surface area (Å²) in [7, 11) is 0. The third-order valence-electron chi connectivity index (χ3n) is 3.19. The lowest BCUT2D eigenvalue weighted by Gasteiger charge is -2.23. The molecule has 2 aromatic rings. The molecule has 21 heavy (non-hydrogen) atoms. The van der Waals surface area contributed by atoms with Crippen LogP contribution in [0.3, 0.4) is 0 Å². The van der Waals surface area contributed by atoms with E-state index in [0.29, 0.717) is 11.7 Å². The van der Waals surface area contributed by atoms with Crippen LogP contribution in [0.25, 0.3) is 0 Å². The van der Waals surface area contributed by atoms with Crippen molar-refractivity contribution in [1.29, 1.82) is 0 Å². The molecule has 3 heterocycles. The molecule has 0 saturated heterocycles. The molecular formula is C15H15N3S3. The topological polar surface area (TPSA) is 27.6 Å². The lowest BCUT2D eigenvalue weighted by Crippen LogP contribution is -2.36. The fraction of sp³-hybridized carbons (Fsp3) is 0.200. The maximum atomic E-state index is 5.48. The highest BCUT2D eigenvalue weighted by atomic mass is 32.1. The van der Waals surface area contributed by atoms with Crippen molar-refractivity contribution < 1.29 is 0 Å². The first-order valence-corrected chi connectivity index (χ1v) is 8.79. The van der Waals surface area contributed by atoms with Crippen LogP contribution in [0.2, 0.25) is 0 Å². The third-order valence-corrected chi connectivity index (χ3v) is 5.42. The zero-order valence-electron chi connectivity index (χ0n) is 11.4. The fourth-order valence-corrected chi connectivity index (χ4v) is 4.02. The summed E-state index contributed by atoms with van der Waals surface area (Å²) >= 11 is 8.94. The number of nitrogens with one attached hydrogen (secondary N) is 1. The van der Waals surface area contributed by atoms with Gasteiger partial charge in [0.2, 0.25) is 0 Å². The van der Waals surface area contributed by atoms with Gasteiger partial charge in [0.15, 0.2) is 5.11 Å². The summed E-state index contributed by atoms with van der Waals surface area (Å²) in [5.74, 6) is 0. The first-order valence-electron chi connectivity index (χ1n) is 6.62. The van der Waals surface area contributed by atoms with E-state index in [2.05, 4.69) is 46.9 Å². The van der Waals surface area contributed by atoms with E-state index in [1.807, 2.05) is 5.01 Å². The van der Waals surface area contributed by atoms with Crippen LogP contribution in [0.15, 0.2) is 52.8 Å². The van der Waals surface area contributed by atoms with Crippen molar-refractivity contribution in [2.45, 2.75) is 12.5 Å². The van der Waals surface area contributed by atoms with Crippen LogP contribution in [-0.2, 0) is 0 Å². The maximum absolute atomic E-state index is 5.48. The zero-order chi connectivity index (χ0) is 14.7. The molecule has 1 unspecified atom stereocenters. The van der Waals surface area contributed by atoms with Gasteiger partial charge in [-0.25, -0.2) is 5.01 Å². The number of rotatable bonds is 4. The summed E-state index contributed by atoms with van der Waals surface area (Å²) in [5.41, 5.74) is 1.10. The smallest absolute Gasteiger partial charge is 0.190 e. The molecule has 1 aliphatic heterocycles. The Morgan fingerprint density at radius 3 is 2.90 bits per heavy atom. The molecule has 2 aromatic heterocycles. The Labute approximate surface area is 137 Å². The van der Waals surface area contributed by atoms with Crippen molar-refractivity contribution >= 4 is 45.7 Å². The quantitative estimate of drug-likeness (QED) is 0.676. The van der Waals surface area contributed by atoms with Gasteiger partial charge in [-0.3, -0.25) is 0 Å². The number of hydrazone groups is 1. The molecule has 6 heteroatoms. The Hall–Kier alpha value is -1.50. The summed E-state index contributed by atoms with van der Waals surface area (Å²) in [6, 6.07) is 8.57. The first kappa shape index (κ1) is 14.4. The Morgan fingerprint density at radius 2 is 2.24 bits per heavy atom. The van der Waals surface area contributed by atoms with Crippen molar-refractivity contribution in [1.82, 2.24) is 10.3 Å². The van der Waals surface area contributed by atoms with Gasteiger partial charge in [-0.05, 0) is 35.1 Å². The van der Waals surface area contributed by atoms with Crippen molar-refractivity contribution in [3.8, 4) is 0 Å². The largest absolute Gasteiger partial charge is 0.358 e. The minimum Gasteiger partial charge on any atom is -0.358 e. The molecule has 0 bridgehead atoms. The number of thiophene rings is 2. The van der Waals surface area contributed by atoms with E-state index in [-0.39, 0.29) is 6.04 Å². The molecule has 1 N–H and O–H groups in total. The van der Waals surface area contributed by atoms with Crippen molar-refractivity contribution in [3.05, 3.63) is 57.4 Å². The third kappa shape index (κ3) is 3.07. The van der Waals surface area contributed by atoms with E-state index in [4.69, 9.17) is 17.3 Å². The van der Waals surface area contributed by atoms with E-state index < -0.39 is 0 Å². The normalized spacial score (nSPS) is 17.6. The van der Waals surface area contributed by atoms with Crippen LogP contribution < -0.4 is 5.32 Å². The van der Waals surface area contributed by atoms with Gasteiger partial charge in [0, 0.05) is 17.8 Å². The van der Waals surface area contributed by atoms with Crippen molar-refractivity contribution in [2.75, 3.05) is 6.54 Å². The predicted molar refractivity (Wildman–Crippen MR) is 95.2 cm³/mol. The molecule has 0 aromatic carbocycles. The minimum absolute atomic E-state index is 0.187. The van der Waals surface area contributed by atoms with E-state index in [0.717, 1.165) is 12.1 Å². The van der Waals surface area contributed by atoms with Crippen LogP contribution in [0, 0.1) is 0 Å². The van der Waals surface area contributed by atoms with Gasteiger partial charge in [0.05, 0.1) is 16.6 Å². The number of thiocarbonyl (C=S) groups is 1. The molecule has 0 saturated carbocycles. The molecular weight excluding hydrogens is 318 g/mol. The molecule has 0 radical (unpaired) electrons. The van der Waals surface area contributed by atoms with Crippen LogP contribution in [-0.4, -0.2) is 22.4 Å². The summed E-state index contributed by atoms with van der Waals surface area (Å²) < 4.78 is 0. The van der Waals surface area contributed by atoms with Crippen LogP contribution in [0.4, 0.5) is 0 Å². The van der Waals surface area contributed by atoms with E-state index in [1.54, 1.807) is 28.7 Å². The highest BCUT2D eigenvalue weighted by Crippen LogP contribution is 2.35. The molecule has 0 amide bonds. The SMILES string of the molecule is C=CCNC(=S)N1N=C(c2cccs2)CC1c1cccs1. The second-order valence-corrected chi connectivity index (χ2v) is 6.89. The van der Waals surface area contributed by atoms with Gasteiger partial charge in [-0.15, -0.1) is 29.3 Å². The fourth-order valence-electron chi connectivity index (χ4n) is 2.23. The van der Waals surface area contributed by atoms with Crippen molar-refractivity contribution in [2.24, 2.45) is 5.10 Å². The average Bonchev–Trinajstić information content (AvgIpc) is 3.24. The summed E-state index contributed by atoms with van der Waals surface area (Å²) in [5, 5.41) is 14.7.